The Morgan fingerprint density at radius 3 is 2.85 bits per heavy atom. The smallest absolute Gasteiger partial charge is 0.0942 e. The quantitative estimate of drug-likeness (QED) is 0.575. The number of aromatic nitrogens is 3. The van der Waals surface area contributed by atoms with Gasteiger partial charge in [0.05, 0.1) is 17.1 Å². The first-order valence-corrected chi connectivity index (χ1v) is 5.10. The maximum Gasteiger partial charge on any atom is 0.0942 e. The molecule has 0 aliphatic rings. The Balaban J connectivity index is 2.29. The molecule has 7 heteroatoms. The first-order valence-electron chi connectivity index (χ1n) is 3.56. The maximum absolute atomic E-state index is 5.44. The summed E-state index contributed by atoms with van der Waals surface area (Å²) in [6.07, 6.45) is 3.45. The van der Waals surface area contributed by atoms with Crippen molar-refractivity contribution in [1.29, 1.82) is 0 Å². The van der Waals surface area contributed by atoms with Gasteiger partial charge in [-0.3, -0.25) is 5.84 Å². The minimum absolute atomic E-state index is 0.0347. The fourth-order valence-electron chi connectivity index (χ4n) is 0.981. The molecule has 13 heavy (non-hydrogen) atoms. The molecule has 2 heterocycles. The Bertz CT molecular complexity index is 309. The highest BCUT2D eigenvalue weighted by Gasteiger charge is 2.15. The summed E-state index contributed by atoms with van der Waals surface area (Å²) < 4.78 is 7.79. The van der Waals surface area contributed by atoms with Crippen molar-refractivity contribution in [2.24, 2.45) is 5.84 Å². The Morgan fingerprint density at radius 2 is 2.31 bits per heavy atom. The highest BCUT2D eigenvalue weighted by molar-refractivity contribution is 7.07. The zero-order valence-electron chi connectivity index (χ0n) is 6.54. The van der Waals surface area contributed by atoms with Crippen molar-refractivity contribution in [2.75, 3.05) is 0 Å². The molecule has 2 aromatic heterocycles. The Labute approximate surface area is 82.9 Å². The van der Waals surface area contributed by atoms with Crippen LogP contribution in [0.5, 0.6) is 0 Å². The van der Waals surface area contributed by atoms with E-state index in [0.29, 0.717) is 0 Å². The molecule has 2 aromatic rings. The molecule has 68 valence electrons. The van der Waals surface area contributed by atoms with Gasteiger partial charge in [0, 0.05) is 11.1 Å². The summed E-state index contributed by atoms with van der Waals surface area (Å²) in [6, 6.07) is 1.89. The summed E-state index contributed by atoms with van der Waals surface area (Å²) in [5, 5.41) is 3.76. The molecule has 0 saturated heterocycles. The normalized spacial score (nSPS) is 13.0. The first kappa shape index (κ1) is 8.70. The largest absolute Gasteiger partial charge is 0.271 e. The van der Waals surface area contributed by atoms with Crippen molar-refractivity contribution in [3.8, 4) is 0 Å². The number of rotatable bonds is 3. The minimum Gasteiger partial charge on any atom is -0.271 e. The van der Waals surface area contributed by atoms with Crippen LogP contribution in [0.1, 0.15) is 15.8 Å². The van der Waals surface area contributed by atoms with Crippen LogP contribution in [0.25, 0.3) is 0 Å². The summed E-state index contributed by atoms with van der Waals surface area (Å²) in [6.45, 7) is 0. The standard InChI is InChI=1S/C6H7N5S2/c7-10-6(4-1-2-9-12-4)5-3-8-11-13-5/h1-3,6,10H,7H2. The second kappa shape index (κ2) is 3.88. The molecular weight excluding hydrogens is 206 g/mol. The molecule has 1 unspecified atom stereocenters. The van der Waals surface area contributed by atoms with E-state index in [9.17, 15) is 0 Å². The summed E-state index contributed by atoms with van der Waals surface area (Å²) in [5.41, 5.74) is 2.71. The molecule has 0 aliphatic heterocycles. The van der Waals surface area contributed by atoms with Crippen LogP contribution in [0.3, 0.4) is 0 Å². The SMILES string of the molecule is NNC(c1ccns1)c1cnns1. The van der Waals surface area contributed by atoms with Gasteiger partial charge in [-0.2, -0.15) is 0 Å². The van der Waals surface area contributed by atoms with Crippen molar-refractivity contribution in [3.05, 3.63) is 28.2 Å². The first-order chi connectivity index (χ1) is 6.42. The summed E-state index contributed by atoms with van der Waals surface area (Å²) in [7, 11) is 0. The Kier molecular flexibility index (Phi) is 2.60. The van der Waals surface area contributed by atoms with E-state index in [1.165, 1.54) is 23.1 Å². The molecule has 0 fully saturated rings. The highest BCUT2D eigenvalue weighted by Crippen LogP contribution is 2.24. The lowest BCUT2D eigenvalue weighted by molar-refractivity contribution is 0.655. The van der Waals surface area contributed by atoms with E-state index >= 15 is 0 Å². The third-order valence-corrected chi connectivity index (χ3v) is 3.11. The number of hydrogen-bond donors (Lipinski definition) is 2. The fraction of sp³-hybridized carbons (Fsp3) is 0.167. The molecule has 1 atom stereocenters. The number of hydrazine groups is 1. The zero-order valence-corrected chi connectivity index (χ0v) is 8.18. The molecule has 0 aliphatic carbocycles. The van der Waals surface area contributed by atoms with Gasteiger partial charge in [-0.05, 0) is 29.1 Å². The minimum atomic E-state index is -0.0347. The van der Waals surface area contributed by atoms with Gasteiger partial charge in [-0.25, -0.2) is 9.80 Å². The second-order valence-corrected chi connectivity index (χ2v) is 4.02. The van der Waals surface area contributed by atoms with Crippen LogP contribution in [0.15, 0.2) is 18.5 Å². The van der Waals surface area contributed by atoms with Gasteiger partial charge in [0.15, 0.2) is 0 Å². The van der Waals surface area contributed by atoms with Gasteiger partial charge in [-0.1, -0.05) is 4.49 Å². The van der Waals surface area contributed by atoms with Crippen LogP contribution in [-0.4, -0.2) is 14.0 Å². The van der Waals surface area contributed by atoms with Crippen molar-refractivity contribution in [3.63, 3.8) is 0 Å². The molecule has 3 N–H and O–H groups in total. The Hall–Kier alpha value is -0.890. The van der Waals surface area contributed by atoms with Gasteiger partial charge in [0.25, 0.3) is 0 Å². The Morgan fingerprint density at radius 1 is 1.38 bits per heavy atom. The van der Waals surface area contributed by atoms with Gasteiger partial charge in [0.2, 0.25) is 0 Å². The third-order valence-electron chi connectivity index (χ3n) is 1.57. The van der Waals surface area contributed by atoms with E-state index in [1.54, 1.807) is 12.4 Å². The van der Waals surface area contributed by atoms with E-state index < -0.39 is 0 Å². The molecule has 0 radical (unpaired) electrons. The number of hydrogen-bond acceptors (Lipinski definition) is 7. The fourth-order valence-corrected chi connectivity index (χ4v) is 2.30. The monoisotopic (exact) mass is 213 g/mol. The predicted octanol–water partition coefficient (Wildman–Crippen LogP) is 0.547. The van der Waals surface area contributed by atoms with E-state index in [2.05, 4.69) is 19.4 Å². The van der Waals surface area contributed by atoms with E-state index in [0.717, 1.165) is 9.75 Å². The molecule has 0 aromatic carbocycles. The lowest BCUT2D eigenvalue weighted by Gasteiger charge is -2.09. The van der Waals surface area contributed by atoms with E-state index in [1.807, 2.05) is 6.07 Å². The number of nitrogens with zero attached hydrogens (tertiary/aromatic N) is 3. The van der Waals surface area contributed by atoms with Crippen LogP contribution in [0, 0.1) is 0 Å². The summed E-state index contributed by atoms with van der Waals surface area (Å²) in [5.74, 6) is 5.44. The molecule has 0 spiro atoms. The van der Waals surface area contributed by atoms with Crippen molar-refractivity contribution in [2.45, 2.75) is 6.04 Å². The predicted molar refractivity (Wildman–Crippen MR) is 51.2 cm³/mol. The zero-order chi connectivity index (χ0) is 9.10. The molecule has 0 saturated carbocycles. The maximum atomic E-state index is 5.44. The van der Waals surface area contributed by atoms with Crippen molar-refractivity contribution >= 4 is 23.1 Å². The van der Waals surface area contributed by atoms with Gasteiger partial charge < -0.3 is 0 Å². The van der Waals surface area contributed by atoms with E-state index in [-0.39, 0.29) is 6.04 Å². The average Bonchev–Trinajstić information content (AvgIpc) is 2.76. The van der Waals surface area contributed by atoms with Crippen molar-refractivity contribution in [1.82, 2.24) is 19.4 Å². The van der Waals surface area contributed by atoms with Gasteiger partial charge >= 0.3 is 0 Å². The van der Waals surface area contributed by atoms with Crippen LogP contribution in [0.4, 0.5) is 0 Å². The second-order valence-electron chi connectivity index (χ2n) is 2.33. The lowest BCUT2D eigenvalue weighted by Crippen LogP contribution is -2.27. The lowest BCUT2D eigenvalue weighted by atomic mass is 10.2. The van der Waals surface area contributed by atoms with Crippen LogP contribution in [-0.2, 0) is 0 Å². The summed E-state index contributed by atoms with van der Waals surface area (Å²) >= 11 is 2.74. The van der Waals surface area contributed by atoms with Gasteiger partial charge in [-0.15, -0.1) is 5.10 Å². The molecule has 0 amide bonds. The van der Waals surface area contributed by atoms with E-state index in [4.69, 9.17) is 5.84 Å². The topological polar surface area (TPSA) is 76.7 Å². The van der Waals surface area contributed by atoms with Crippen LogP contribution < -0.4 is 11.3 Å². The van der Waals surface area contributed by atoms with Crippen LogP contribution >= 0.6 is 23.1 Å². The third kappa shape index (κ3) is 1.73. The average molecular weight is 213 g/mol. The number of nitrogens with two attached hydrogens (primary N) is 1. The van der Waals surface area contributed by atoms with Crippen molar-refractivity contribution < 1.29 is 0 Å². The summed E-state index contributed by atoms with van der Waals surface area (Å²) in [4.78, 5) is 2.06. The molecule has 5 nitrogen and oxygen atoms in total. The molecule has 2 rings (SSSR count). The molecule has 0 bridgehead atoms. The molecular formula is C6H7N5S2. The van der Waals surface area contributed by atoms with Gasteiger partial charge in [0.1, 0.15) is 0 Å². The highest BCUT2D eigenvalue weighted by atomic mass is 32.1. The van der Waals surface area contributed by atoms with Crippen LogP contribution in [0.2, 0.25) is 0 Å². The number of nitrogens with one attached hydrogen (secondary N) is 1.